The van der Waals surface area contributed by atoms with Crippen LogP contribution in [0.4, 0.5) is 0 Å². The van der Waals surface area contributed by atoms with Crippen molar-refractivity contribution in [3.8, 4) is 5.75 Å². The summed E-state index contributed by atoms with van der Waals surface area (Å²) in [6.45, 7) is 13.1. The van der Waals surface area contributed by atoms with Crippen LogP contribution >= 0.6 is 0 Å². The van der Waals surface area contributed by atoms with Gasteiger partial charge in [-0.05, 0) is 39.7 Å². The number of ether oxygens (including phenoxy) is 1. The Bertz CT molecular complexity index is 451. The molecule has 0 unspecified atom stereocenters. The molecule has 1 fully saturated rings. The standard InChI is InChI=1S/C17H28N2O/c1-16(2,3)15-11-13(7-8-18-15)20-14-9-12(10-14)19-17(4,5)6/h7-8,11-12,14,19H,9-10H2,1-6H3. The van der Waals surface area contributed by atoms with Crippen LogP contribution in [0.25, 0.3) is 0 Å². The van der Waals surface area contributed by atoms with Crippen LogP contribution in [0.3, 0.4) is 0 Å². The summed E-state index contributed by atoms with van der Waals surface area (Å²) >= 11 is 0. The molecule has 2 rings (SSSR count). The fraction of sp³-hybridized carbons (Fsp3) is 0.706. The molecule has 112 valence electrons. The third-order valence-electron chi connectivity index (χ3n) is 3.53. The topological polar surface area (TPSA) is 34.1 Å². The highest BCUT2D eigenvalue weighted by Gasteiger charge is 2.33. The van der Waals surface area contributed by atoms with Gasteiger partial charge in [-0.2, -0.15) is 0 Å². The zero-order valence-corrected chi connectivity index (χ0v) is 13.7. The number of hydrogen-bond acceptors (Lipinski definition) is 3. The van der Waals surface area contributed by atoms with Crippen molar-refractivity contribution in [2.75, 3.05) is 0 Å². The van der Waals surface area contributed by atoms with Crippen LogP contribution in [0.1, 0.15) is 60.1 Å². The Morgan fingerprint density at radius 3 is 2.35 bits per heavy atom. The first-order chi connectivity index (χ1) is 9.13. The average molecular weight is 276 g/mol. The molecule has 0 radical (unpaired) electrons. The Labute approximate surface area is 123 Å². The van der Waals surface area contributed by atoms with E-state index < -0.39 is 0 Å². The maximum atomic E-state index is 6.05. The quantitative estimate of drug-likeness (QED) is 0.914. The maximum absolute atomic E-state index is 6.05. The van der Waals surface area contributed by atoms with Gasteiger partial charge in [0.2, 0.25) is 0 Å². The molecule has 0 aromatic carbocycles. The van der Waals surface area contributed by atoms with Crippen LogP contribution in [0.15, 0.2) is 18.3 Å². The summed E-state index contributed by atoms with van der Waals surface area (Å²) in [7, 11) is 0. The Kier molecular flexibility index (Phi) is 4.10. The van der Waals surface area contributed by atoms with Gasteiger partial charge in [0.1, 0.15) is 11.9 Å². The lowest BCUT2D eigenvalue weighted by Crippen LogP contribution is -2.53. The zero-order chi connectivity index (χ0) is 15.0. The van der Waals surface area contributed by atoms with E-state index in [1.807, 2.05) is 12.3 Å². The number of pyridine rings is 1. The van der Waals surface area contributed by atoms with Gasteiger partial charge in [0, 0.05) is 35.0 Å². The van der Waals surface area contributed by atoms with E-state index in [2.05, 4.69) is 57.9 Å². The lowest BCUT2D eigenvalue weighted by molar-refractivity contribution is 0.0732. The number of aromatic nitrogens is 1. The lowest BCUT2D eigenvalue weighted by atomic mass is 9.87. The second kappa shape index (κ2) is 5.36. The van der Waals surface area contributed by atoms with Crippen LogP contribution < -0.4 is 10.1 Å². The van der Waals surface area contributed by atoms with Gasteiger partial charge in [0.05, 0.1) is 0 Å². The summed E-state index contributed by atoms with van der Waals surface area (Å²) in [5.41, 5.74) is 1.33. The van der Waals surface area contributed by atoms with E-state index in [9.17, 15) is 0 Å². The van der Waals surface area contributed by atoms with Gasteiger partial charge >= 0.3 is 0 Å². The summed E-state index contributed by atoms with van der Waals surface area (Å²) in [5, 5.41) is 3.61. The second-order valence-corrected chi connectivity index (χ2v) is 7.93. The molecule has 0 atom stereocenters. The minimum atomic E-state index is 0.0648. The molecule has 20 heavy (non-hydrogen) atoms. The molecular formula is C17H28N2O. The average Bonchev–Trinajstić information content (AvgIpc) is 2.23. The fourth-order valence-electron chi connectivity index (χ4n) is 2.48. The van der Waals surface area contributed by atoms with Crippen molar-refractivity contribution in [1.29, 1.82) is 0 Å². The molecule has 1 aliphatic carbocycles. The third kappa shape index (κ3) is 4.20. The van der Waals surface area contributed by atoms with Crippen LogP contribution in [-0.2, 0) is 5.41 Å². The van der Waals surface area contributed by atoms with Gasteiger partial charge in [0.15, 0.2) is 0 Å². The predicted molar refractivity (Wildman–Crippen MR) is 83.3 cm³/mol. The summed E-state index contributed by atoms with van der Waals surface area (Å²) < 4.78 is 6.05. The molecular weight excluding hydrogens is 248 g/mol. The van der Waals surface area contributed by atoms with Crippen LogP contribution in [0, 0.1) is 0 Å². The number of hydrogen-bond donors (Lipinski definition) is 1. The molecule has 0 bridgehead atoms. The second-order valence-electron chi connectivity index (χ2n) is 7.93. The predicted octanol–water partition coefficient (Wildman–Crippen LogP) is 3.68. The molecule has 1 aromatic rings. The first-order valence-electron chi connectivity index (χ1n) is 7.54. The largest absolute Gasteiger partial charge is 0.490 e. The first-order valence-corrected chi connectivity index (χ1v) is 7.54. The molecule has 1 N–H and O–H groups in total. The summed E-state index contributed by atoms with van der Waals surface area (Å²) in [6, 6.07) is 4.62. The summed E-state index contributed by atoms with van der Waals surface area (Å²) in [6.07, 6.45) is 4.36. The van der Waals surface area contributed by atoms with E-state index in [1.54, 1.807) is 0 Å². The lowest BCUT2D eigenvalue weighted by Gasteiger charge is -2.40. The van der Waals surface area contributed by atoms with Crippen LogP contribution in [0.5, 0.6) is 5.75 Å². The fourth-order valence-corrected chi connectivity index (χ4v) is 2.48. The van der Waals surface area contributed by atoms with Crippen LogP contribution in [0.2, 0.25) is 0 Å². The van der Waals surface area contributed by atoms with E-state index in [-0.39, 0.29) is 11.0 Å². The van der Waals surface area contributed by atoms with Gasteiger partial charge in [0.25, 0.3) is 0 Å². The van der Waals surface area contributed by atoms with Gasteiger partial charge in [-0.3, -0.25) is 4.98 Å². The normalized spacial score (nSPS) is 23.3. The molecule has 1 aliphatic rings. The summed E-state index contributed by atoms with van der Waals surface area (Å²) in [4.78, 5) is 4.43. The van der Waals surface area contributed by atoms with Crippen molar-refractivity contribution in [1.82, 2.24) is 10.3 Å². The Balaban J connectivity index is 1.87. The van der Waals surface area contributed by atoms with Crippen molar-refractivity contribution in [3.63, 3.8) is 0 Å². The highest BCUT2D eigenvalue weighted by molar-refractivity contribution is 5.27. The van der Waals surface area contributed by atoms with E-state index >= 15 is 0 Å². The molecule has 1 heterocycles. The van der Waals surface area contributed by atoms with E-state index in [4.69, 9.17) is 4.74 Å². The van der Waals surface area contributed by atoms with Crippen molar-refractivity contribution < 1.29 is 4.74 Å². The number of nitrogens with one attached hydrogen (secondary N) is 1. The molecule has 1 aromatic heterocycles. The van der Waals surface area contributed by atoms with E-state index in [0.717, 1.165) is 24.3 Å². The third-order valence-corrected chi connectivity index (χ3v) is 3.53. The molecule has 1 saturated carbocycles. The van der Waals surface area contributed by atoms with Gasteiger partial charge < -0.3 is 10.1 Å². The van der Waals surface area contributed by atoms with Crippen LogP contribution in [-0.4, -0.2) is 22.7 Å². The highest BCUT2D eigenvalue weighted by Crippen LogP contribution is 2.29. The smallest absolute Gasteiger partial charge is 0.123 e. The molecule has 0 saturated heterocycles. The SMILES string of the molecule is CC(C)(C)NC1CC(Oc2ccnc(C(C)(C)C)c2)C1. The molecule has 0 aliphatic heterocycles. The zero-order valence-electron chi connectivity index (χ0n) is 13.7. The number of nitrogens with zero attached hydrogens (tertiary/aromatic N) is 1. The monoisotopic (exact) mass is 276 g/mol. The minimum Gasteiger partial charge on any atom is -0.490 e. The first kappa shape index (κ1) is 15.3. The van der Waals surface area contributed by atoms with E-state index in [0.29, 0.717) is 12.1 Å². The van der Waals surface area contributed by atoms with Gasteiger partial charge in [-0.25, -0.2) is 0 Å². The van der Waals surface area contributed by atoms with E-state index in [1.165, 1.54) is 0 Å². The van der Waals surface area contributed by atoms with Gasteiger partial charge in [-0.1, -0.05) is 20.8 Å². The van der Waals surface area contributed by atoms with Crippen molar-refractivity contribution >= 4 is 0 Å². The Morgan fingerprint density at radius 1 is 1.15 bits per heavy atom. The van der Waals surface area contributed by atoms with Crippen molar-refractivity contribution in [3.05, 3.63) is 24.0 Å². The van der Waals surface area contributed by atoms with Gasteiger partial charge in [-0.15, -0.1) is 0 Å². The Hall–Kier alpha value is -1.09. The number of rotatable bonds is 3. The Morgan fingerprint density at radius 2 is 1.80 bits per heavy atom. The summed E-state index contributed by atoms with van der Waals surface area (Å²) in [5.74, 6) is 0.948. The maximum Gasteiger partial charge on any atom is 0.123 e. The van der Waals surface area contributed by atoms with Crippen molar-refractivity contribution in [2.24, 2.45) is 0 Å². The van der Waals surface area contributed by atoms with Crippen molar-refractivity contribution in [2.45, 2.75) is 77.5 Å². The minimum absolute atomic E-state index is 0.0648. The molecule has 3 nitrogen and oxygen atoms in total. The highest BCUT2D eigenvalue weighted by atomic mass is 16.5. The molecule has 0 amide bonds. The molecule has 0 spiro atoms. The molecule has 3 heteroatoms.